The minimum Gasteiger partial charge on any atom is -0.369 e. The fraction of sp³-hybridized carbons (Fsp3) is 0.600. The number of nitrogens with zero attached hydrogens (tertiary/aromatic N) is 1. The standard InChI is InChI=1S/C20H31N3O2/c1-3-16(4-2)20(25)22-18-7-5-15(6-8-18)9-12-23-13-10-17(11-14-23)19(21)24/h5-8,16-17H,3-4,9-14H2,1-2H3,(H2,21,24)(H,22,25). The van der Waals surface area contributed by atoms with Crippen molar-refractivity contribution in [2.24, 2.45) is 17.6 Å². The molecule has 1 aliphatic rings. The summed E-state index contributed by atoms with van der Waals surface area (Å²) in [6.07, 6.45) is 4.45. The van der Waals surface area contributed by atoms with Crippen LogP contribution in [0.2, 0.25) is 0 Å². The van der Waals surface area contributed by atoms with Crippen molar-refractivity contribution in [2.75, 3.05) is 25.0 Å². The lowest BCUT2D eigenvalue weighted by molar-refractivity contribution is -0.123. The topological polar surface area (TPSA) is 75.4 Å². The summed E-state index contributed by atoms with van der Waals surface area (Å²) in [5.74, 6) is 0.0814. The molecule has 138 valence electrons. The van der Waals surface area contributed by atoms with Crippen LogP contribution in [0.3, 0.4) is 0 Å². The Labute approximate surface area is 151 Å². The lowest BCUT2D eigenvalue weighted by atomic mass is 9.96. The number of amides is 2. The molecular weight excluding hydrogens is 314 g/mol. The van der Waals surface area contributed by atoms with E-state index in [1.165, 1.54) is 5.56 Å². The lowest BCUT2D eigenvalue weighted by Gasteiger charge is -2.30. The molecule has 0 radical (unpaired) electrons. The van der Waals surface area contributed by atoms with Crippen molar-refractivity contribution in [1.29, 1.82) is 0 Å². The van der Waals surface area contributed by atoms with Gasteiger partial charge in [-0.25, -0.2) is 0 Å². The van der Waals surface area contributed by atoms with E-state index in [0.717, 1.165) is 57.4 Å². The Hall–Kier alpha value is -1.88. The Bertz CT molecular complexity index is 559. The van der Waals surface area contributed by atoms with Crippen LogP contribution in [0.25, 0.3) is 0 Å². The van der Waals surface area contributed by atoms with Gasteiger partial charge >= 0.3 is 0 Å². The van der Waals surface area contributed by atoms with Gasteiger partial charge in [0.15, 0.2) is 0 Å². The second kappa shape index (κ2) is 9.56. The summed E-state index contributed by atoms with van der Waals surface area (Å²) in [4.78, 5) is 25.7. The molecule has 1 aromatic carbocycles. The summed E-state index contributed by atoms with van der Waals surface area (Å²) in [5.41, 5.74) is 7.50. The van der Waals surface area contributed by atoms with Crippen LogP contribution in [0.1, 0.15) is 45.1 Å². The molecule has 3 N–H and O–H groups in total. The Morgan fingerprint density at radius 2 is 1.76 bits per heavy atom. The SMILES string of the molecule is CCC(CC)C(=O)Nc1ccc(CCN2CCC(C(N)=O)CC2)cc1. The summed E-state index contributed by atoms with van der Waals surface area (Å²) < 4.78 is 0. The first-order valence-corrected chi connectivity index (χ1v) is 9.45. The van der Waals surface area contributed by atoms with Gasteiger partial charge in [-0.1, -0.05) is 26.0 Å². The molecule has 0 spiro atoms. The molecule has 5 nitrogen and oxygen atoms in total. The molecule has 2 amide bonds. The van der Waals surface area contributed by atoms with Gasteiger partial charge in [-0.3, -0.25) is 9.59 Å². The van der Waals surface area contributed by atoms with E-state index in [9.17, 15) is 9.59 Å². The molecule has 1 saturated heterocycles. The first-order valence-electron chi connectivity index (χ1n) is 9.45. The average molecular weight is 345 g/mol. The number of nitrogens with two attached hydrogens (primary N) is 1. The number of benzene rings is 1. The number of piperidine rings is 1. The molecular formula is C20H31N3O2. The molecule has 0 atom stereocenters. The quantitative estimate of drug-likeness (QED) is 0.761. The van der Waals surface area contributed by atoms with Gasteiger partial charge in [0.1, 0.15) is 0 Å². The van der Waals surface area contributed by atoms with Crippen molar-refractivity contribution in [3.8, 4) is 0 Å². The minimum atomic E-state index is -0.161. The van der Waals surface area contributed by atoms with Crippen molar-refractivity contribution >= 4 is 17.5 Å². The zero-order chi connectivity index (χ0) is 18.2. The van der Waals surface area contributed by atoms with Crippen LogP contribution in [0.4, 0.5) is 5.69 Å². The summed E-state index contributed by atoms with van der Waals surface area (Å²) in [5, 5.41) is 3.00. The summed E-state index contributed by atoms with van der Waals surface area (Å²) >= 11 is 0. The Balaban J connectivity index is 1.77. The number of carbonyl (C=O) groups is 2. The van der Waals surface area contributed by atoms with Gasteiger partial charge in [-0.05, 0) is 62.9 Å². The molecule has 2 rings (SSSR count). The fourth-order valence-corrected chi connectivity index (χ4v) is 3.39. The van der Waals surface area contributed by atoms with Crippen LogP contribution >= 0.6 is 0 Å². The number of hydrogen-bond acceptors (Lipinski definition) is 3. The van der Waals surface area contributed by atoms with Gasteiger partial charge in [-0.2, -0.15) is 0 Å². The summed E-state index contributed by atoms with van der Waals surface area (Å²) in [6.45, 7) is 6.96. The van der Waals surface area contributed by atoms with E-state index in [0.29, 0.717) is 0 Å². The normalized spacial score (nSPS) is 16.1. The lowest BCUT2D eigenvalue weighted by Crippen LogP contribution is -2.39. The maximum Gasteiger partial charge on any atom is 0.227 e. The number of rotatable bonds is 8. The van der Waals surface area contributed by atoms with E-state index in [1.807, 2.05) is 26.0 Å². The molecule has 1 aromatic rings. The molecule has 1 aliphatic heterocycles. The highest BCUT2D eigenvalue weighted by Crippen LogP contribution is 2.18. The first kappa shape index (κ1) is 19.4. The monoisotopic (exact) mass is 345 g/mol. The molecule has 25 heavy (non-hydrogen) atoms. The van der Waals surface area contributed by atoms with E-state index < -0.39 is 0 Å². The smallest absolute Gasteiger partial charge is 0.227 e. The predicted octanol–water partition coefficient (Wildman–Crippen LogP) is 2.80. The summed E-state index contributed by atoms with van der Waals surface area (Å²) in [6, 6.07) is 8.13. The van der Waals surface area contributed by atoms with E-state index in [4.69, 9.17) is 5.73 Å². The van der Waals surface area contributed by atoms with Crippen LogP contribution < -0.4 is 11.1 Å². The van der Waals surface area contributed by atoms with Gasteiger partial charge in [0.25, 0.3) is 0 Å². The van der Waals surface area contributed by atoms with E-state index in [1.54, 1.807) is 0 Å². The van der Waals surface area contributed by atoms with Crippen molar-refractivity contribution in [2.45, 2.75) is 46.0 Å². The third-order valence-corrected chi connectivity index (χ3v) is 5.28. The molecule has 0 unspecified atom stereocenters. The van der Waals surface area contributed by atoms with E-state index >= 15 is 0 Å². The van der Waals surface area contributed by atoms with Crippen molar-refractivity contribution in [1.82, 2.24) is 4.90 Å². The predicted molar refractivity (Wildman–Crippen MR) is 101 cm³/mol. The van der Waals surface area contributed by atoms with Crippen LogP contribution in [0.15, 0.2) is 24.3 Å². The van der Waals surface area contributed by atoms with Gasteiger partial charge in [0, 0.05) is 24.1 Å². The zero-order valence-corrected chi connectivity index (χ0v) is 15.5. The number of likely N-dealkylation sites (tertiary alicyclic amines) is 1. The first-order chi connectivity index (χ1) is 12.0. The largest absolute Gasteiger partial charge is 0.369 e. The second-order valence-corrected chi connectivity index (χ2v) is 6.97. The highest BCUT2D eigenvalue weighted by molar-refractivity contribution is 5.92. The number of hydrogen-bond donors (Lipinski definition) is 2. The molecule has 0 bridgehead atoms. The van der Waals surface area contributed by atoms with Gasteiger partial charge in [0.05, 0.1) is 0 Å². The maximum atomic E-state index is 12.1. The minimum absolute atomic E-state index is 0.0502. The van der Waals surface area contributed by atoms with Gasteiger partial charge in [0.2, 0.25) is 11.8 Å². The van der Waals surface area contributed by atoms with Gasteiger partial charge in [-0.15, -0.1) is 0 Å². The molecule has 0 aliphatic carbocycles. The van der Waals surface area contributed by atoms with Crippen LogP contribution in [-0.2, 0) is 16.0 Å². The number of anilines is 1. The maximum absolute atomic E-state index is 12.1. The molecule has 0 aromatic heterocycles. The molecule has 1 heterocycles. The number of primary amides is 1. The zero-order valence-electron chi connectivity index (χ0n) is 15.5. The van der Waals surface area contributed by atoms with E-state index in [2.05, 4.69) is 22.3 Å². The Morgan fingerprint density at radius 1 is 1.16 bits per heavy atom. The Kier molecular flexibility index (Phi) is 7.44. The third kappa shape index (κ3) is 5.85. The molecule has 5 heteroatoms. The average Bonchev–Trinajstić information content (AvgIpc) is 2.62. The van der Waals surface area contributed by atoms with Gasteiger partial charge < -0.3 is 16.0 Å². The molecule has 1 fully saturated rings. The van der Waals surface area contributed by atoms with Crippen molar-refractivity contribution in [3.63, 3.8) is 0 Å². The molecule has 0 saturated carbocycles. The Morgan fingerprint density at radius 3 is 2.28 bits per heavy atom. The number of nitrogens with one attached hydrogen (secondary N) is 1. The highest BCUT2D eigenvalue weighted by Gasteiger charge is 2.22. The van der Waals surface area contributed by atoms with E-state index in [-0.39, 0.29) is 23.7 Å². The van der Waals surface area contributed by atoms with Crippen LogP contribution in [-0.4, -0.2) is 36.3 Å². The highest BCUT2D eigenvalue weighted by atomic mass is 16.2. The van der Waals surface area contributed by atoms with Crippen molar-refractivity contribution in [3.05, 3.63) is 29.8 Å². The number of carbonyl (C=O) groups excluding carboxylic acids is 2. The van der Waals surface area contributed by atoms with Crippen LogP contribution in [0, 0.1) is 11.8 Å². The fourth-order valence-electron chi connectivity index (χ4n) is 3.39. The second-order valence-electron chi connectivity index (χ2n) is 6.97. The summed E-state index contributed by atoms with van der Waals surface area (Å²) in [7, 11) is 0. The van der Waals surface area contributed by atoms with Crippen LogP contribution in [0.5, 0.6) is 0 Å². The van der Waals surface area contributed by atoms with Crippen molar-refractivity contribution < 1.29 is 9.59 Å². The third-order valence-electron chi connectivity index (χ3n) is 5.28.